The fourth-order valence-corrected chi connectivity index (χ4v) is 4.08. The van der Waals surface area contributed by atoms with Crippen molar-refractivity contribution in [3.05, 3.63) is 34.9 Å². The van der Waals surface area contributed by atoms with Crippen LogP contribution in [0.5, 0.6) is 0 Å². The van der Waals surface area contributed by atoms with Crippen LogP contribution in [0.2, 0.25) is 5.02 Å². The van der Waals surface area contributed by atoms with Crippen molar-refractivity contribution in [1.82, 2.24) is 9.80 Å². The molecule has 23 heavy (non-hydrogen) atoms. The standard InChI is InChI=1S/C18H23ClN2O2/c1-13(22)20-10-8-17-15(12-20)5-2-3-9-21(17)18(23)14-6-4-7-16(19)11-14/h4,6-7,11,15,17H,2-3,5,8-10,12H2,1H3/t15-,17-/m1/s1. The van der Waals surface area contributed by atoms with Gasteiger partial charge in [0.1, 0.15) is 0 Å². The SMILES string of the molecule is CC(=O)N1CC[C@@H]2[C@H](CCCCN2C(=O)c2cccc(Cl)c2)C1. The van der Waals surface area contributed by atoms with Crippen molar-refractivity contribution in [3.8, 4) is 0 Å². The zero-order valence-electron chi connectivity index (χ0n) is 13.5. The second kappa shape index (κ2) is 6.91. The van der Waals surface area contributed by atoms with Gasteiger partial charge in [-0.1, -0.05) is 24.1 Å². The number of benzene rings is 1. The van der Waals surface area contributed by atoms with Crippen LogP contribution in [0.4, 0.5) is 0 Å². The number of carbonyl (C=O) groups excluding carboxylic acids is 2. The topological polar surface area (TPSA) is 40.6 Å². The highest BCUT2D eigenvalue weighted by Crippen LogP contribution is 2.31. The predicted octanol–water partition coefficient (Wildman–Crippen LogP) is 3.20. The number of carbonyl (C=O) groups is 2. The molecule has 0 unspecified atom stereocenters. The molecule has 2 aliphatic rings. The Labute approximate surface area is 142 Å². The summed E-state index contributed by atoms with van der Waals surface area (Å²) in [6.45, 7) is 3.95. The molecular formula is C18H23ClN2O2. The molecule has 0 radical (unpaired) electrons. The number of amides is 2. The third-order valence-electron chi connectivity index (χ3n) is 5.10. The summed E-state index contributed by atoms with van der Waals surface area (Å²) in [5, 5.41) is 0.591. The first-order chi connectivity index (χ1) is 11.1. The number of hydrogen-bond donors (Lipinski definition) is 0. The van der Waals surface area contributed by atoms with Gasteiger partial charge in [-0.15, -0.1) is 0 Å². The molecule has 2 amide bonds. The molecule has 0 aliphatic carbocycles. The fourth-order valence-electron chi connectivity index (χ4n) is 3.89. The second-order valence-corrected chi connectivity index (χ2v) is 7.02. The quantitative estimate of drug-likeness (QED) is 0.791. The number of halogens is 1. The maximum absolute atomic E-state index is 13.0. The van der Waals surface area contributed by atoms with Gasteiger partial charge >= 0.3 is 0 Å². The summed E-state index contributed by atoms with van der Waals surface area (Å²) in [6.07, 6.45) is 4.11. The Bertz CT molecular complexity index is 604. The number of piperidine rings is 1. The zero-order valence-corrected chi connectivity index (χ0v) is 14.3. The molecule has 0 N–H and O–H groups in total. The monoisotopic (exact) mass is 334 g/mol. The van der Waals surface area contributed by atoms with Crippen molar-refractivity contribution in [3.63, 3.8) is 0 Å². The molecule has 3 rings (SSSR count). The average molecular weight is 335 g/mol. The maximum Gasteiger partial charge on any atom is 0.254 e. The van der Waals surface area contributed by atoms with Crippen LogP contribution < -0.4 is 0 Å². The van der Waals surface area contributed by atoms with E-state index in [1.807, 2.05) is 21.9 Å². The van der Waals surface area contributed by atoms with Crippen LogP contribution in [0.25, 0.3) is 0 Å². The van der Waals surface area contributed by atoms with E-state index in [9.17, 15) is 9.59 Å². The largest absolute Gasteiger partial charge is 0.343 e. The molecule has 0 saturated carbocycles. The van der Waals surface area contributed by atoms with E-state index in [4.69, 9.17) is 11.6 Å². The summed E-state index contributed by atoms with van der Waals surface area (Å²) in [5.74, 6) is 0.597. The van der Waals surface area contributed by atoms with Gasteiger partial charge in [-0.05, 0) is 43.4 Å². The van der Waals surface area contributed by atoms with E-state index in [-0.39, 0.29) is 17.9 Å². The first-order valence-electron chi connectivity index (χ1n) is 8.38. The summed E-state index contributed by atoms with van der Waals surface area (Å²) in [5.41, 5.74) is 0.659. The Balaban J connectivity index is 1.81. The van der Waals surface area contributed by atoms with Crippen molar-refractivity contribution < 1.29 is 9.59 Å². The van der Waals surface area contributed by atoms with Crippen LogP contribution in [0, 0.1) is 5.92 Å². The van der Waals surface area contributed by atoms with Gasteiger partial charge in [0, 0.05) is 43.2 Å². The molecule has 4 nitrogen and oxygen atoms in total. The fraction of sp³-hybridized carbons (Fsp3) is 0.556. The van der Waals surface area contributed by atoms with E-state index in [1.165, 1.54) is 0 Å². The molecule has 0 spiro atoms. The normalized spacial score (nSPS) is 24.8. The van der Waals surface area contributed by atoms with Gasteiger partial charge in [0.2, 0.25) is 5.91 Å². The van der Waals surface area contributed by atoms with Crippen LogP contribution >= 0.6 is 11.6 Å². The lowest BCUT2D eigenvalue weighted by molar-refractivity contribution is -0.131. The van der Waals surface area contributed by atoms with E-state index in [0.717, 1.165) is 45.3 Å². The molecule has 1 aromatic rings. The van der Waals surface area contributed by atoms with Gasteiger partial charge in [-0.2, -0.15) is 0 Å². The Morgan fingerprint density at radius 3 is 2.74 bits per heavy atom. The molecule has 2 atom stereocenters. The highest BCUT2D eigenvalue weighted by molar-refractivity contribution is 6.30. The van der Waals surface area contributed by atoms with Gasteiger partial charge < -0.3 is 9.80 Å². The van der Waals surface area contributed by atoms with Gasteiger partial charge in [-0.3, -0.25) is 9.59 Å². The first-order valence-corrected chi connectivity index (χ1v) is 8.76. The van der Waals surface area contributed by atoms with E-state index in [0.29, 0.717) is 16.5 Å². The third kappa shape index (κ3) is 3.52. The zero-order chi connectivity index (χ0) is 16.4. The van der Waals surface area contributed by atoms with E-state index in [1.54, 1.807) is 19.1 Å². The molecular weight excluding hydrogens is 312 g/mol. The van der Waals surface area contributed by atoms with Crippen LogP contribution in [-0.2, 0) is 4.79 Å². The number of fused-ring (bicyclic) bond motifs is 1. The summed E-state index contributed by atoms with van der Waals surface area (Å²) in [6, 6.07) is 7.42. The highest BCUT2D eigenvalue weighted by Gasteiger charge is 2.37. The molecule has 2 fully saturated rings. The number of nitrogens with zero attached hydrogens (tertiary/aromatic N) is 2. The second-order valence-electron chi connectivity index (χ2n) is 6.59. The molecule has 5 heteroatoms. The number of likely N-dealkylation sites (tertiary alicyclic amines) is 2. The number of hydrogen-bond acceptors (Lipinski definition) is 2. The average Bonchev–Trinajstić information content (AvgIpc) is 2.75. The lowest BCUT2D eigenvalue weighted by Gasteiger charge is -2.42. The molecule has 2 saturated heterocycles. The van der Waals surface area contributed by atoms with Crippen LogP contribution in [-0.4, -0.2) is 47.3 Å². The number of rotatable bonds is 1. The molecule has 2 aliphatic heterocycles. The van der Waals surface area contributed by atoms with Crippen LogP contribution in [0.15, 0.2) is 24.3 Å². The first kappa shape index (κ1) is 16.3. The lowest BCUT2D eigenvalue weighted by Crippen LogP contribution is -2.53. The Hall–Kier alpha value is -1.55. The Morgan fingerprint density at radius 1 is 1.17 bits per heavy atom. The van der Waals surface area contributed by atoms with Crippen LogP contribution in [0.1, 0.15) is 43.0 Å². The minimum absolute atomic E-state index is 0.0701. The van der Waals surface area contributed by atoms with Gasteiger partial charge in [0.05, 0.1) is 0 Å². The molecule has 2 heterocycles. The smallest absolute Gasteiger partial charge is 0.254 e. The Kier molecular flexibility index (Phi) is 4.90. The summed E-state index contributed by atoms with van der Waals surface area (Å²) in [7, 11) is 0. The minimum Gasteiger partial charge on any atom is -0.343 e. The molecule has 0 aromatic heterocycles. The molecule has 1 aromatic carbocycles. The summed E-state index contributed by atoms with van der Waals surface area (Å²) in [4.78, 5) is 28.6. The van der Waals surface area contributed by atoms with Crippen molar-refractivity contribution in [2.75, 3.05) is 19.6 Å². The van der Waals surface area contributed by atoms with Crippen molar-refractivity contribution in [2.24, 2.45) is 5.92 Å². The molecule has 124 valence electrons. The van der Waals surface area contributed by atoms with E-state index in [2.05, 4.69) is 0 Å². The highest BCUT2D eigenvalue weighted by atomic mass is 35.5. The molecule has 0 bridgehead atoms. The summed E-state index contributed by atoms with van der Waals surface area (Å²) < 4.78 is 0. The van der Waals surface area contributed by atoms with Crippen molar-refractivity contribution in [1.29, 1.82) is 0 Å². The van der Waals surface area contributed by atoms with Gasteiger partial charge in [-0.25, -0.2) is 0 Å². The van der Waals surface area contributed by atoms with Crippen molar-refractivity contribution in [2.45, 2.75) is 38.6 Å². The maximum atomic E-state index is 13.0. The lowest BCUT2D eigenvalue weighted by atomic mass is 9.88. The summed E-state index contributed by atoms with van der Waals surface area (Å²) >= 11 is 6.04. The van der Waals surface area contributed by atoms with E-state index < -0.39 is 0 Å². The van der Waals surface area contributed by atoms with E-state index >= 15 is 0 Å². The van der Waals surface area contributed by atoms with Crippen molar-refractivity contribution >= 4 is 23.4 Å². The predicted molar refractivity (Wildman–Crippen MR) is 90.5 cm³/mol. The van der Waals surface area contributed by atoms with Gasteiger partial charge in [0.25, 0.3) is 5.91 Å². The Morgan fingerprint density at radius 2 is 2.00 bits per heavy atom. The third-order valence-corrected chi connectivity index (χ3v) is 5.33. The minimum atomic E-state index is 0.0701. The van der Waals surface area contributed by atoms with Crippen LogP contribution in [0.3, 0.4) is 0 Å². The van der Waals surface area contributed by atoms with Gasteiger partial charge in [0.15, 0.2) is 0 Å².